The molecule has 0 atom stereocenters. The van der Waals surface area contributed by atoms with Gasteiger partial charge in [0, 0.05) is 16.5 Å². The summed E-state index contributed by atoms with van der Waals surface area (Å²) >= 11 is 1.56. The standard InChI is InChI=1S/C21H16N2O2S/c1-24-17-9-7-16(8-10-17)23-14-18-11-12-20(25-18)26-19-6-2-4-15-5-3-13-22-21(15)19/h2-14H,1H3. The van der Waals surface area contributed by atoms with Crippen molar-refractivity contribution in [1.29, 1.82) is 0 Å². The lowest BCUT2D eigenvalue weighted by atomic mass is 10.2. The zero-order valence-corrected chi connectivity index (χ0v) is 14.9. The Balaban J connectivity index is 1.51. The van der Waals surface area contributed by atoms with Gasteiger partial charge in [0.05, 0.1) is 24.5 Å². The van der Waals surface area contributed by atoms with E-state index < -0.39 is 0 Å². The summed E-state index contributed by atoms with van der Waals surface area (Å²) < 4.78 is 11.0. The summed E-state index contributed by atoms with van der Waals surface area (Å²) in [6.45, 7) is 0. The topological polar surface area (TPSA) is 47.6 Å². The van der Waals surface area contributed by atoms with Crippen LogP contribution in [0.15, 0.2) is 92.3 Å². The SMILES string of the molecule is COc1ccc(N=Cc2ccc(Sc3cccc4cccnc34)o2)cc1. The molecule has 4 nitrogen and oxygen atoms in total. The summed E-state index contributed by atoms with van der Waals surface area (Å²) in [6, 6.07) is 21.5. The molecule has 0 aliphatic rings. The molecule has 0 unspecified atom stereocenters. The van der Waals surface area contributed by atoms with Crippen molar-refractivity contribution >= 4 is 34.6 Å². The zero-order valence-electron chi connectivity index (χ0n) is 14.1. The molecule has 26 heavy (non-hydrogen) atoms. The molecule has 2 heterocycles. The highest BCUT2D eigenvalue weighted by atomic mass is 32.2. The maximum absolute atomic E-state index is 5.86. The number of hydrogen-bond donors (Lipinski definition) is 0. The highest BCUT2D eigenvalue weighted by Crippen LogP contribution is 2.33. The molecular weight excluding hydrogens is 344 g/mol. The Kier molecular flexibility index (Phi) is 4.71. The highest BCUT2D eigenvalue weighted by molar-refractivity contribution is 7.99. The molecule has 5 heteroatoms. The number of nitrogens with zero attached hydrogens (tertiary/aromatic N) is 2. The first-order valence-corrected chi connectivity index (χ1v) is 8.93. The van der Waals surface area contributed by atoms with Crippen LogP contribution < -0.4 is 4.74 Å². The number of rotatable bonds is 5. The molecular formula is C21H16N2O2S. The van der Waals surface area contributed by atoms with E-state index in [1.807, 2.05) is 60.8 Å². The van der Waals surface area contributed by atoms with Crippen LogP contribution in [0, 0.1) is 0 Å². The van der Waals surface area contributed by atoms with Crippen LogP contribution >= 0.6 is 11.8 Å². The molecule has 0 aliphatic heterocycles. The summed E-state index contributed by atoms with van der Waals surface area (Å²) in [5.41, 5.74) is 1.82. The fourth-order valence-corrected chi connectivity index (χ4v) is 3.44. The molecule has 2 aromatic carbocycles. The largest absolute Gasteiger partial charge is 0.497 e. The molecule has 128 valence electrons. The van der Waals surface area contributed by atoms with Crippen molar-refractivity contribution < 1.29 is 9.15 Å². The van der Waals surface area contributed by atoms with Crippen molar-refractivity contribution in [2.24, 2.45) is 4.99 Å². The van der Waals surface area contributed by atoms with Crippen LogP contribution in [0.5, 0.6) is 5.75 Å². The third-order valence-corrected chi connectivity index (χ3v) is 4.79. The van der Waals surface area contributed by atoms with Gasteiger partial charge in [-0.2, -0.15) is 0 Å². The summed E-state index contributed by atoms with van der Waals surface area (Å²) in [4.78, 5) is 9.97. The first-order chi connectivity index (χ1) is 12.8. The fraction of sp³-hybridized carbons (Fsp3) is 0.0476. The second-order valence-electron chi connectivity index (χ2n) is 5.55. The second-order valence-corrected chi connectivity index (χ2v) is 6.59. The van der Waals surface area contributed by atoms with Gasteiger partial charge in [0.25, 0.3) is 0 Å². The zero-order chi connectivity index (χ0) is 17.8. The molecule has 0 saturated carbocycles. The average Bonchev–Trinajstić information content (AvgIpc) is 3.14. The van der Waals surface area contributed by atoms with Crippen LogP contribution in [-0.4, -0.2) is 18.3 Å². The lowest BCUT2D eigenvalue weighted by molar-refractivity contribution is 0.415. The van der Waals surface area contributed by atoms with E-state index in [1.165, 1.54) is 0 Å². The molecule has 0 N–H and O–H groups in total. The highest BCUT2D eigenvalue weighted by Gasteiger charge is 2.07. The van der Waals surface area contributed by atoms with Gasteiger partial charge in [0.1, 0.15) is 11.5 Å². The number of fused-ring (bicyclic) bond motifs is 1. The van der Waals surface area contributed by atoms with Crippen LogP contribution in [0.2, 0.25) is 0 Å². The number of ether oxygens (including phenoxy) is 1. The van der Waals surface area contributed by atoms with Gasteiger partial charge in [-0.15, -0.1) is 0 Å². The van der Waals surface area contributed by atoms with Gasteiger partial charge in [-0.3, -0.25) is 9.98 Å². The Morgan fingerprint density at radius 2 is 1.85 bits per heavy atom. The lowest BCUT2D eigenvalue weighted by Gasteiger charge is -2.02. The van der Waals surface area contributed by atoms with E-state index in [1.54, 1.807) is 25.1 Å². The Morgan fingerprint density at radius 1 is 1.00 bits per heavy atom. The van der Waals surface area contributed by atoms with E-state index in [-0.39, 0.29) is 0 Å². The van der Waals surface area contributed by atoms with Crippen LogP contribution in [0.4, 0.5) is 5.69 Å². The normalized spacial score (nSPS) is 11.3. The third-order valence-electron chi connectivity index (χ3n) is 3.82. The second kappa shape index (κ2) is 7.45. The summed E-state index contributed by atoms with van der Waals surface area (Å²) in [5.74, 6) is 1.51. The average molecular weight is 360 g/mol. The van der Waals surface area contributed by atoms with Gasteiger partial charge in [-0.05, 0) is 60.3 Å². The van der Waals surface area contributed by atoms with Crippen molar-refractivity contribution in [3.63, 3.8) is 0 Å². The number of benzene rings is 2. The van der Waals surface area contributed by atoms with E-state index in [9.17, 15) is 0 Å². The molecule has 2 aromatic heterocycles. The minimum atomic E-state index is 0.705. The molecule has 0 amide bonds. The van der Waals surface area contributed by atoms with Crippen LogP contribution in [0.25, 0.3) is 10.9 Å². The van der Waals surface area contributed by atoms with Crippen molar-refractivity contribution in [2.45, 2.75) is 9.99 Å². The summed E-state index contributed by atoms with van der Waals surface area (Å²) in [7, 11) is 1.64. The number of hydrogen-bond acceptors (Lipinski definition) is 5. The van der Waals surface area contributed by atoms with Crippen LogP contribution in [0.3, 0.4) is 0 Å². The molecule has 4 rings (SSSR count). The molecule has 0 aliphatic carbocycles. The maximum atomic E-state index is 5.86. The molecule has 4 aromatic rings. The molecule has 0 fully saturated rings. The van der Waals surface area contributed by atoms with E-state index in [2.05, 4.69) is 22.1 Å². The number of aromatic nitrogens is 1. The Hall–Kier alpha value is -3.05. The van der Waals surface area contributed by atoms with E-state index in [0.29, 0.717) is 5.76 Å². The Labute approximate surface area is 155 Å². The van der Waals surface area contributed by atoms with Gasteiger partial charge in [-0.25, -0.2) is 0 Å². The number of para-hydroxylation sites is 1. The predicted molar refractivity (Wildman–Crippen MR) is 105 cm³/mol. The molecule has 0 bridgehead atoms. The smallest absolute Gasteiger partial charge is 0.165 e. The number of furan rings is 1. The Morgan fingerprint density at radius 3 is 2.69 bits per heavy atom. The first-order valence-electron chi connectivity index (χ1n) is 8.11. The van der Waals surface area contributed by atoms with Crippen molar-refractivity contribution in [1.82, 2.24) is 4.98 Å². The predicted octanol–water partition coefficient (Wildman–Crippen LogP) is 5.74. The van der Waals surface area contributed by atoms with Gasteiger partial charge < -0.3 is 9.15 Å². The van der Waals surface area contributed by atoms with Gasteiger partial charge in [0.15, 0.2) is 5.09 Å². The van der Waals surface area contributed by atoms with Crippen molar-refractivity contribution in [3.8, 4) is 5.75 Å². The van der Waals surface area contributed by atoms with Gasteiger partial charge in [-0.1, -0.05) is 18.2 Å². The summed E-state index contributed by atoms with van der Waals surface area (Å²) in [6.07, 6.45) is 3.52. The molecule has 0 spiro atoms. The van der Waals surface area contributed by atoms with Crippen molar-refractivity contribution in [3.05, 3.63) is 78.7 Å². The van der Waals surface area contributed by atoms with Gasteiger partial charge in [0.2, 0.25) is 0 Å². The minimum absolute atomic E-state index is 0.705. The first kappa shape index (κ1) is 16.4. The van der Waals surface area contributed by atoms with E-state index in [4.69, 9.17) is 9.15 Å². The molecule has 0 saturated heterocycles. The van der Waals surface area contributed by atoms with Crippen LogP contribution in [0.1, 0.15) is 5.76 Å². The monoisotopic (exact) mass is 360 g/mol. The maximum Gasteiger partial charge on any atom is 0.165 e. The van der Waals surface area contributed by atoms with Gasteiger partial charge >= 0.3 is 0 Å². The molecule has 0 radical (unpaired) electrons. The number of methoxy groups -OCH3 is 1. The van der Waals surface area contributed by atoms with E-state index in [0.717, 1.165) is 32.3 Å². The quantitative estimate of drug-likeness (QED) is 0.426. The number of aliphatic imine (C=N–C) groups is 1. The lowest BCUT2D eigenvalue weighted by Crippen LogP contribution is -1.81. The number of pyridine rings is 1. The third kappa shape index (κ3) is 3.63. The minimum Gasteiger partial charge on any atom is -0.497 e. The van der Waals surface area contributed by atoms with Crippen LogP contribution in [-0.2, 0) is 0 Å². The fourth-order valence-electron chi connectivity index (χ4n) is 2.53. The van der Waals surface area contributed by atoms with Crippen molar-refractivity contribution in [2.75, 3.05) is 7.11 Å². The Bertz CT molecular complexity index is 1050. The summed E-state index contributed by atoms with van der Waals surface area (Å²) in [5, 5.41) is 1.92. The van der Waals surface area contributed by atoms with E-state index >= 15 is 0 Å².